The van der Waals surface area contributed by atoms with Gasteiger partial charge >= 0.3 is 5.97 Å². The van der Waals surface area contributed by atoms with Crippen LogP contribution in [-0.2, 0) is 19.1 Å². The van der Waals surface area contributed by atoms with Gasteiger partial charge < -0.3 is 19.7 Å². The average Bonchev–Trinajstić information content (AvgIpc) is 2.76. The molecule has 1 aliphatic heterocycles. The van der Waals surface area contributed by atoms with Gasteiger partial charge in [-0.05, 0) is 35.1 Å². The number of hydrogen-bond donors (Lipinski definition) is 1. The van der Waals surface area contributed by atoms with Crippen molar-refractivity contribution in [2.24, 2.45) is 0 Å². The van der Waals surface area contributed by atoms with Gasteiger partial charge in [-0.3, -0.25) is 14.4 Å². The number of esters is 1. The zero-order valence-electron chi connectivity index (χ0n) is 19.0. The SMILES string of the molecule is CC(C)c1cccc(C(C)C)c1NC(=O)COC(=O)CCN1C(=O)COc2ccccc21. The topological polar surface area (TPSA) is 84.9 Å². The molecule has 0 fully saturated rings. The first-order chi connectivity index (χ1) is 15.3. The zero-order valence-corrected chi connectivity index (χ0v) is 19.0. The molecule has 0 spiro atoms. The molecule has 0 unspecified atom stereocenters. The van der Waals surface area contributed by atoms with Gasteiger partial charge in [0.15, 0.2) is 13.2 Å². The van der Waals surface area contributed by atoms with Crippen molar-refractivity contribution in [3.8, 4) is 5.75 Å². The van der Waals surface area contributed by atoms with Gasteiger partial charge in [-0.15, -0.1) is 0 Å². The molecule has 1 aliphatic rings. The Morgan fingerprint density at radius 1 is 1.03 bits per heavy atom. The standard InChI is InChI=1S/C25H30N2O5/c1-16(2)18-8-7-9-19(17(3)4)25(18)26-22(28)14-32-24(30)12-13-27-20-10-5-6-11-21(20)31-15-23(27)29/h5-11,16-17H,12-15H2,1-4H3,(H,26,28). The van der Waals surface area contributed by atoms with E-state index in [1.54, 1.807) is 18.2 Å². The van der Waals surface area contributed by atoms with Crippen molar-refractivity contribution < 1.29 is 23.9 Å². The summed E-state index contributed by atoms with van der Waals surface area (Å²) in [6, 6.07) is 13.1. The molecule has 0 aromatic heterocycles. The summed E-state index contributed by atoms with van der Waals surface area (Å²) < 4.78 is 10.6. The van der Waals surface area contributed by atoms with Crippen LogP contribution >= 0.6 is 0 Å². The molecule has 7 heteroatoms. The Balaban J connectivity index is 1.56. The van der Waals surface area contributed by atoms with E-state index in [-0.39, 0.29) is 49.8 Å². The largest absolute Gasteiger partial charge is 0.482 e. The van der Waals surface area contributed by atoms with Crippen LogP contribution in [0.1, 0.15) is 57.1 Å². The molecule has 0 bridgehead atoms. The monoisotopic (exact) mass is 438 g/mol. The van der Waals surface area contributed by atoms with Crippen molar-refractivity contribution in [1.82, 2.24) is 0 Å². The quantitative estimate of drug-likeness (QED) is 0.624. The first-order valence-electron chi connectivity index (χ1n) is 10.9. The summed E-state index contributed by atoms with van der Waals surface area (Å²) in [5.41, 5.74) is 3.50. The fourth-order valence-electron chi connectivity index (χ4n) is 3.69. The number of amides is 2. The summed E-state index contributed by atoms with van der Waals surface area (Å²) in [6.07, 6.45) is -0.0207. The molecule has 0 radical (unpaired) electrons. The van der Waals surface area contributed by atoms with E-state index in [2.05, 4.69) is 33.0 Å². The Morgan fingerprint density at radius 3 is 2.34 bits per heavy atom. The summed E-state index contributed by atoms with van der Waals surface area (Å²) >= 11 is 0. The predicted molar refractivity (Wildman–Crippen MR) is 123 cm³/mol. The van der Waals surface area contributed by atoms with Gasteiger partial charge in [-0.25, -0.2) is 0 Å². The van der Waals surface area contributed by atoms with E-state index in [1.807, 2.05) is 24.3 Å². The highest BCUT2D eigenvalue weighted by atomic mass is 16.5. The molecule has 170 valence electrons. The molecule has 32 heavy (non-hydrogen) atoms. The molecule has 1 N–H and O–H groups in total. The number of hydrogen-bond acceptors (Lipinski definition) is 5. The van der Waals surface area contributed by atoms with Crippen molar-refractivity contribution in [3.63, 3.8) is 0 Å². The Morgan fingerprint density at radius 2 is 1.69 bits per heavy atom. The van der Waals surface area contributed by atoms with Crippen LogP contribution in [0.3, 0.4) is 0 Å². The maximum Gasteiger partial charge on any atom is 0.308 e. The summed E-state index contributed by atoms with van der Waals surface area (Å²) in [4.78, 5) is 38.5. The summed E-state index contributed by atoms with van der Waals surface area (Å²) in [7, 11) is 0. The van der Waals surface area contributed by atoms with E-state index in [9.17, 15) is 14.4 Å². The minimum absolute atomic E-state index is 0.0207. The molecule has 2 aromatic rings. The number of nitrogens with zero attached hydrogens (tertiary/aromatic N) is 1. The van der Waals surface area contributed by atoms with Gasteiger partial charge in [0.2, 0.25) is 0 Å². The van der Waals surface area contributed by atoms with Crippen LogP contribution in [0.15, 0.2) is 42.5 Å². The number of carbonyl (C=O) groups excluding carboxylic acids is 3. The third-order valence-electron chi connectivity index (χ3n) is 5.35. The lowest BCUT2D eigenvalue weighted by atomic mass is 9.92. The van der Waals surface area contributed by atoms with E-state index in [0.29, 0.717) is 11.4 Å². The minimum Gasteiger partial charge on any atom is -0.482 e. The second-order valence-corrected chi connectivity index (χ2v) is 8.38. The van der Waals surface area contributed by atoms with Gasteiger partial charge in [0.25, 0.3) is 11.8 Å². The predicted octanol–water partition coefficient (Wildman–Crippen LogP) is 4.23. The molecule has 0 saturated carbocycles. The zero-order chi connectivity index (χ0) is 23.3. The Hall–Kier alpha value is -3.35. The van der Waals surface area contributed by atoms with Crippen LogP contribution in [0.2, 0.25) is 0 Å². The lowest BCUT2D eigenvalue weighted by Crippen LogP contribution is -2.40. The highest BCUT2D eigenvalue weighted by Gasteiger charge is 2.25. The van der Waals surface area contributed by atoms with Gasteiger partial charge in [-0.1, -0.05) is 58.0 Å². The summed E-state index contributed by atoms with van der Waals surface area (Å²) in [6.45, 7) is 7.99. The second-order valence-electron chi connectivity index (χ2n) is 8.38. The normalized spacial score (nSPS) is 13.1. The fourth-order valence-corrected chi connectivity index (χ4v) is 3.69. The number of rotatable bonds is 8. The highest BCUT2D eigenvalue weighted by Crippen LogP contribution is 2.33. The lowest BCUT2D eigenvalue weighted by Gasteiger charge is -2.28. The number of anilines is 2. The number of benzene rings is 2. The fraction of sp³-hybridized carbons (Fsp3) is 0.400. The lowest BCUT2D eigenvalue weighted by molar-refractivity contribution is -0.147. The summed E-state index contributed by atoms with van der Waals surface area (Å²) in [5, 5.41) is 2.93. The van der Waals surface area contributed by atoms with Gasteiger partial charge in [0, 0.05) is 12.2 Å². The first-order valence-corrected chi connectivity index (χ1v) is 10.9. The maximum absolute atomic E-state index is 12.5. The molecular formula is C25H30N2O5. The van der Waals surface area contributed by atoms with Crippen LogP contribution in [0.5, 0.6) is 5.75 Å². The molecule has 1 heterocycles. The van der Waals surface area contributed by atoms with E-state index in [1.165, 1.54) is 4.90 Å². The number of carbonyl (C=O) groups is 3. The molecule has 0 aliphatic carbocycles. The number of nitrogens with one attached hydrogen (secondary N) is 1. The van der Waals surface area contributed by atoms with Crippen LogP contribution in [0.4, 0.5) is 11.4 Å². The van der Waals surface area contributed by atoms with Crippen molar-refractivity contribution >= 4 is 29.2 Å². The first kappa shape index (κ1) is 23.3. The molecule has 2 aromatic carbocycles. The van der Waals surface area contributed by atoms with Crippen LogP contribution < -0.4 is 15.0 Å². The second kappa shape index (κ2) is 10.3. The summed E-state index contributed by atoms with van der Waals surface area (Å²) in [5.74, 6) is -0.0781. The molecule has 3 rings (SSSR count). The van der Waals surface area contributed by atoms with Crippen molar-refractivity contribution in [1.29, 1.82) is 0 Å². The molecular weight excluding hydrogens is 408 g/mol. The van der Waals surface area contributed by atoms with Crippen LogP contribution in [0, 0.1) is 0 Å². The van der Waals surface area contributed by atoms with Gasteiger partial charge in [-0.2, -0.15) is 0 Å². The Kier molecular flexibility index (Phi) is 7.51. The van der Waals surface area contributed by atoms with E-state index >= 15 is 0 Å². The van der Waals surface area contributed by atoms with Crippen molar-refractivity contribution in [2.75, 3.05) is 30.0 Å². The minimum atomic E-state index is -0.543. The smallest absolute Gasteiger partial charge is 0.308 e. The highest BCUT2D eigenvalue weighted by molar-refractivity contribution is 5.98. The van der Waals surface area contributed by atoms with Crippen molar-refractivity contribution in [3.05, 3.63) is 53.6 Å². The molecule has 0 atom stereocenters. The molecule has 2 amide bonds. The molecule has 7 nitrogen and oxygen atoms in total. The van der Waals surface area contributed by atoms with E-state index in [0.717, 1.165) is 16.8 Å². The third-order valence-corrected chi connectivity index (χ3v) is 5.35. The van der Waals surface area contributed by atoms with E-state index in [4.69, 9.17) is 9.47 Å². The maximum atomic E-state index is 12.5. The number of para-hydroxylation sites is 3. The van der Waals surface area contributed by atoms with Crippen LogP contribution in [0.25, 0.3) is 0 Å². The van der Waals surface area contributed by atoms with E-state index < -0.39 is 5.97 Å². The van der Waals surface area contributed by atoms with Crippen LogP contribution in [-0.4, -0.2) is 37.5 Å². The number of ether oxygens (including phenoxy) is 2. The molecule has 0 saturated heterocycles. The van der Waals surface area contributed by atoms with Gasteiger partial charge in [0.05, 0.1) is 12.1 Å². The van der Waals surface area contributed by atoms with Gasteiger partial charge in [0.1, 0.15) is 5.75 Å². The Bertz CT molecular complexity index is 973. The number of fused-ring (bicyclic) bond motifs is 1. The average molecular weight is 439 g/mol. The third kappa shape index (κ3) is 5.46. The Labute approximate surface area is 188 Å². The van der Waals surface area contributed by atoms with Crippen molar-refractivity contribution in [2.45, 2.75) is 46.0 Å².